The van der Waals surface area contributed by atoms with Crippen LogP contribution in [-0.2, 0) is 4.79 Å². The molecule has 0 atom stereocenters. The highest BCUT2D eigenvalue weighted by molar-refractivity contribution is 6.31. The number of hydrogen-bond acceptors (Lipinski definition) is 3. The zero-order chi connectivity index (χ0) is 17.8. The van der Waals surface area contributed by atoms with Gasteiger partial charge in [0.25, 0.3) is 0 Å². The summed E-state index contributed by atoms with van der Waals surface area (Å²) in [6.07, 6.45) is 6.08. The summed E-state index contributed by atoms with van der Waals surface area (Å²) in [5, 5.41) is 17.4. The number of amides is 1. The van der Waals surface area contributed by atoms with Crippen molar-refractivity contribution in [3.05, 3.63) is 52.8 Å². The highest BCUT2D eigenvalue weighted by atomic mass is 35.5. The van der Waals surface area contributed by atoms with E-state index in [9.17, 15) is 9.90 Å². The van der Waals surface area contributed by atoms with E-state index in [2.05, 4.69) is 10.4 Å². The van der Waals surface area contributed by atoms with Crippen LogP contribution in [0.15, 0.2) is 36.4 Å². The van der Waals surface area contributed by atoms with Crippen LogP contribution in [0.25, 0.3) is 11.8 Å². The molecule has 1 aliphatic carbocycles. The van der Waals surface area contributed by atoms with Crippen molar-refractivity contribution in [3.63, 3.8) is 0 Å². The average molecular weight is 360 g/mol. The molecule has 25 heavy (non-hydrogen) atoms. The minimum atomic E-state index is -0.228. The quantitative estimate of drug-likeness (QED) is 0.823. The van der Waals surface area contributed by atoms with Crippen molar-refractivity contribution in [1.82, 2.24) is 15.1 Å². The number of para-hydroxylation sites is 1. The maximum atomic E-state index is 12.1. The zero-order valence-electron chi connectivity index (χ0n) is 14.2. The summed E-state index contributed by atoms with van der Waals surface area (Å²) in [7, 11) is 0. The van der Waals surface area contributed by atoms with Crippen molar-refractivity contribution < 1.29 is 9.90 Å². The fourth-order valence-corrected chi connectivity index (χ4v) is 3.40. The number of hydrogen-bond donors (Lipinski definition) is 2. The monoisotopic (exact) mass is 359 g/mol. The summed E-state index contributed by atoms with van der Waals surface area (Å²) in [6.45, 7) is 1.87. The van der Waals surface area contributed by atoms with Crippen LogP contribution in [0.4, 0.5) is 0 Å². The van der Waals surface area contributed by atoms with Crippen molar-refractivity contribution in [2.24, 2.45) is 0 Å². The Labute approximate surface area is 152 Å². The summed E-state index contributed by atoms with van der Waals surface area (Å²) < 4.78 is 1.66. The lowest BCUT2D eigenvalue weighted by Crippen LogP contribution is -2.37. The molecule has 1 saturated carbocycles. The lowest BCUT2D eigenvalue weighted by Gasteiger charge is -2.25. The molecular formula is C19H22ClN3O2. The van der Waals surface area contributed by atoms with E-state index in [1.165, 1.54) is 6.08 Å². The van der Waals surface area contributed by atoms with Gasteiger partial charge in [-0.3, -0.25) is 4.79 Å². The van der Waals surface area contributed by atoms with E-state index >= 15 is 0 Å². The van der Waals surface area contributed by atoms with Crippen molar-refractivity contribution in [2.45, 2.75) is 44.8 Å². The molecule has 5 nitrogen and oxygen atoms in total. The Morgan fingerprint density at radius 2 is 1.96 bits per heavy atom. The predicted molar refractivity (Wildman–Crippen MR) is 98.8 cm³/mol. The van der Waals surface area contributed by atoms with Crippen LogP contribution in [-0.4, -0.2) is 32.9 Å². The third kappa shape index (κ3) is 4.30. The summed E-state index contributed by atoms with van der Waals surface area (Å²) in [5.74, 6) is -0.149. The third-order valence-corrected chi connectivity index (χ3v) is 4.86. The normalized spacial score (nSPS) is 20.8. The van der Waals surface area contributed by atoms with Crippen molar-refractivity contribution in [3.8, 4) is 5.69 Å². The van der Waals surface area contributed by atoms with Crippen LogP contribution in [0, 0.1) is 6.92 Å². The molecule has 0 aliphatic heterocycles. The number of aliphatic hydroxyl groups excluding tert-OH is 1. The number of rotatable bonds is 4. The molecular weight excluding hydrogens is 338 g/mol. The molecule has 132 valence electrons. The molecule has 0 radical (unpaired) electrons. The molecule has 1 aliphatic rings. The summed E-state index contributed by atoms with van der Waals surface area (Å²) in [4.78, 5) is 12.1. The number of aliphatic hydroxyl groups is 1. The number of nitrogens with one attached hydrogen (secondary N) is 1. The number of halogens is 1. The average Bonchev–Trinajstić information content (AvgIpc) is 2.90. The molecule has 1 amide bonds. The van der Waals surface area contributed by atoms with Crippen molar-refractivity contribution in [1.29, 1.82) is 0 Å². The Balaban J connectivity index is 1.69. The standard InChI is InChI=1S/C19H22ClN3O2/c1-13-17(19(20)23(22-13)15-5-3-2-4-6-15)11-12-18(25)21-14-7-9-16(24)10-8-14/h2-6,11-12,14,16,24H,7-10H2,1H3,(H,21,25). The van der Waals surface area contributed by atoms with Gasteiger partial charge >= 0.3 is 0 Å². The summed E-state index contributed by atoms with van der Waals surface area (Å²) >= 11 is 6.45. The number of aromatic nitrogens is 2. The number of nitrogens with zero attached hydrogens (tertiary/aromatic N) is 2. The molecule has 1 fully saturated rings. The first-order valence-corrected chi connectivity index (χ1v) is 8.89. The Morgan fingerprint density at radius 1 is 1.28 bits per heavy atom. The van der Waals surface area contributed by atoms with Gasteiger partial charge in [0.05, 0.1) is 17.5 Å². The number of carbonyl (C=O) groups excluding carboxylic acids is 1. The van der Waals surface area contributed by atoms with Gasteiger partial charge in [0.15, 0.2) is 0 Å². The lowest BCUT2D eigenvalue weighted by atomic mass is 9.93. The molecule has 0 spiro atoms. The Hall–Kier alpha value is -2.11. The Kier molecular flexibility index (Phi) is 5.56. The fraction of sp³-hybridized carbons (Fsp3) is 0.368. The zero-order valence-corrected chi connectivity index (χ0v) is 14.9. The van der Waals surface area contributed by atoms with Gasteiger partial charge < -0.3 is 10.4 Å². The van der Waals surface area contributed by atoms with Crippen LogP contribution < -0.4 is 5.32 Å². The second kappa shape index (κ2) is 7.85. The second-order valence-electron chi connectivity index (χ2n) is 6.38. The van der Waals surface area contributed by atoms with Crippen LogP contribution in [0.3, 0.4) is 0 Å². The van der Waals surface area contributed by atoms with Crippen LogP contribution in [0.2, 0.25) is 5.15 Å². The van der Waals surface area contributed by atoms with Gasteiger partial charge in [0.1, 0.15) is 5.15 Å². The largest absolute Gasteiger partial charge is 0.393 e. The Bertz CT molecular complexity index is 762. The summed E-state index contributed by atoms with van der Waals surface area (Å²) in [6, 6.07) is 9.76. The third-order valence-electron chi connectivity index (χ3n) is 4.49. The first-order chi connectivity index (χ1) is 12.0. The minimum Gasteiger partial charge on any atom is -0.393 e. The first-order valence-electron chi connectivity index (χ1n) is 8.52. The predicted octanol–water partition coefficient (Wildman–Crippen LogP) is 3.27. The molecule has 0 bridgehead atoms. The number of benzene rings is 1. The lowest BCUT2D eigenvalue weighted by molar-refractivity contribution is -0.117. The fourth-order valence-electron chi connectivity index (χ4n) is 3.07. The molecule has 2 aromatic rings. The topological polar surface area (TPSA) is 67.2 Å². The van der Waals surface area contributed by atoms with Crippen molar-refractivity contribution >= 4 is 23.6 Å². The first kappa shape index (κ1) is 17.7. The van der Waals surface area contributed by atoms with E-state index < -0.39 is 0 Å². The van der Waals surface area contributed by atoms with Crippen molar-refractivity contribution in [2.75, 3.05) is 0 Å². The van der Waals surface area contributed by atoms with E-state index in [4.69, 9.17) is 11.6 Å². The second-order valence-corrected chi connectivity index (χ2v) is 6.74. The van der Waals surface area contributed by atoms with Gasteiger partial charge in [-0.15, -0.1) is 0 Å². The van der Waals surface area contributed by atoms with Gasteiger partial charge in [-0.25, -0.2) is 4.68 Å². The van der Waals surface area contributed by atoms with Gasteiger partial charge in [-0.2, -0.15) is 5.10 Å². The van der Waals surface area contributed by atoms with Gasteiger partial charge in [-0.05, 0) is 50.8 Å². The molecule has 3 rings (SSSR count). The van der Waals surface area contributed by atoms with E-state index in [0.717, 1.165) is 42.6 Å². The van der Waals surface area contributed by atoms with Crippen LogP contribution >= 0.6 is 11.6 Å². The Morgan fingerprint density at radius 3 is 2.64 bits per heavy atom. The molecule has 1 aromatic heterocycles. The summed E-state index contributed by atoms with van der Waals surface area (Å²) in [5.41, 5.74) is 2.37. The van der Waals surface area contributed by atoms with E-state index in [1.54, 1.807) is 10.8 Å². The smallest absolute Gasteiger partial charge is 0.244 e. The minimum absolute atomic E-state index is 0.129. The molecule has 0 unspecified atom stereocenters. The number of aryl methyl sites for hydroxylation is 1. The maximum Gasteiger partial charge on any atom is 0.244 e. The van der Waals surface area contributed by atoms with Gasteiger partial charge in [0, 0.05) is 17.7 Å². The maximum absolute atomic E-state index is 12.1. The molecule has 2 N–H and O–H groups in total. The highest BCUT2D eigenvalue weighted by Crippen LogP contribution is 2.24. The van der Waals surface area contributed by atoms with E-state index in [1.807, 2.05) is 37.3 Å². The molecule has 1 heterocycles. The SMILES string of the molecule is Cc1nn(-c2ccccc2)c(Cl)c1C=CC(=O)NC1CCC(O)CC1. The van der Waals surface area contributed by atoms with Gasteiger partial charge in [-0.1, -0.05) is 29.8 Å². The van der Waals surface area contributed by atoms with E-state index in [0.29, 0.717) is 5.15 Å². The van der Waals surface area contributed by atoms with Gasteiger partial charge in [0.2, 0.25) is 5.91 Å². The molecule has 1 aromatic carbocycles. The van der Waals surface area contributed by atoms with Crippen LogP contribution in [0.5, 0.6) is 0 Å². The highest BCUT2D eigenvalue weighted by Gasteiger charge is 2.20. The van der Waals surface area contributed by atoms with Crippen LogP contribution in [0.1, 0.15) is 36.9 Å². The van der Waals surface area contributed by atoms with E-state index in [-0.39, 0.29) is 18.1 Å². The molecule has 0 saturated heterocycles. The number of carbonyl (C=O) groups is 1. The molecule has 6 heteroatoms.